The first-order valence-corrected chi connectivity index (χ1v) is 5.29. The first-order chi connectivity index (χ1) is 6.70. The lowest BCUT2D eigenvalue weighted by molar-refractivity contribution is 0.0989. The molecule has 0 aliphatic rings. The van der Waals surface area contributed by atoms with Crippen LogP contribution in [0.5, 0.6) is 0 Å². The molecule has 72 valence electrons. The smallest absolute Gasteiger partial charge is 0.265 e. The third kappa shape index (κ3) is 1.57. The molecule has 0 atom stereocenters. The van der Waals surface area contributed by atoms with Gasteiger partial charge in [0.1, 0.15) is 5.52 Å². The average molecular weight is 254 g/mol. The lowest BCUT2D eigenvalue weighted by Crippen LogP contribution is -1.99. The third-order valence-corrected chi connectivity index (χ3v) is 2.41. The monoisotopic (exact) mass is 253 g/mol. The molecule has 0 unspecified atom stereocenters. The van der Waals surface area contributed by atoms with E-state index in [0.29, 0.717) is 5.58 Å². The number of Topliss-reactive ketones (excluding diaryl/α,β-unsaturated/α-hetero) is 1. The Hall–Kier alpha value is -1.16. The zero-order chi connectivity index (χ0) is 10.1. The summed E-state index contributed by atoms with van der Waals surface area (Å²) < 4.78 is 5.31. The summed E-state index contributed by atoms with van der Waals surface area (Å²) >= 11 is 3.07. The number of hydrogen-bond acceptors (Lipinski definition) is 3. The van der Waals surface area contributed by atoms with Crippen molar-refractivity contribution in [3.8, 4) is 0 Å². The maximum atomic E-state index is 11.3. The van der Waals surface area contributed by atoms with Crippen LogP contribution in [0.2, 0.25) is 0 Å². The van der Waals surface area contributed by atoms with E-state index in [1.807, 2.05) is 25.1 Å². The molecule has 0 aliphatic heterocycles. The van der Waals surface area contributed by atoms with Gasteiger partial charge >= 0.3 is 0 Å². The van der Waals surface area contributed by atoms with E-state index in [1.54, 1.807) is 0 Å². The molecule has 0 bridgehead atoms. The number of carbonyl (C=O) groups excluding carboxylic acids is 1. The van der Waals surface area contributed by atoms with Crippen LogP contribution in [-0.4, -0.2) is 16.1 Å². The molecule has 0 spiro atoms. The average Bonchev–Trinajstić information content (AvgIpc) is 2.59. The van der Waals surface area contributed by atoms with Crippen LogP contribution in [0.1, 0.15) is 16.2 Å². The Morgan fingerprint density at radius 3 is 3.07 bits per heavy atom. The van der Waals surface area contributed by atoms with Crippen molar-refractivity contribution in [1.82, 2.24) is 4.98 Å². The number of oxazole rings is 1. The molecule has 1 aromatic carbocycles. The van der Waals surface area contributed by atoms with Gasteiger partial charge in [-0.15, -0.1) is 0 Å². The molecule has 1 heterocycles. The summed E-state index contributed by atoms with van der Waals surface area (Å²) in [4.78, 5) is 15.3. The molecule has 0 N–H and O–H groups in total. The zero-order valence-corrected chi connectivity index (χ0v) is 9.17. The third-order valence-electron chi connectivity index (χ3n) is 1.90. The second-order valence-electron chi connectivity index (χ2n) is 3.05. The minimum Gasteiger partial charge on any atom is -0.434 e. The molecule has 0 saturated heterocycles. The van der Waals surface area contributed by atoms with Crippen LogP contribution in [0.25, 0.3) is 11.1 Å². The van der Waals surface area contributed by atoms with E-state index in [9.17, 15) is 4.79 Å². The van der Waals surface area contributed by atoms with Gasteiger partial charge in [0.15, 0.2) is 5.58 Å². The summed E-state index contributed by atoms with van der Waals surface area (Å²) in [7, 11) is 0. The van der Waals surface area contributed by atoms with Crippen LogP contribution in [-0.2, 0) is 0 Å². The molecular weight excluding hydrogens is 246 g/mol. The summed E-state index contributed by atoms with van der Waals surface area (Å²) in [5.74, 6) is 0.0290. The maximum Gasteiger partial charge on any atom is 0.265 e. The van der Waals surface area contributed by atoms with Gasteiger partial charge in [-0.05, 0) is 24.6 Å². The Kier molecular flexibility index (Phi) is 2.37. The molecule has 4 heteroatoms. The van der Waals surface area contributed by atoms with E-state index in [2.05, 4.69) is 20.9 Å². The minimum absolute atomic E-state index is 0.140. The fourth-order valence-corrected chi connectivity index (χ4v) is 1.45. The van der Waals surface area contributed by atoms with Crippen molar-refractivity contribution in [1.29, 1.82) is 0 Å². The lowest BCUT2D eigenvalue weighted by Gasteiger charge is -1.88. The molecular formula is C10H8BrNO2. The molecule has 14 heavy (non-hydrogen) atoms. The van der Waals surface area contributed by atoms with Crippen LogP contribution in [0, 0.1) is 6.92 Å². The van der Waals surface area contributed by atoms with E-state index in [1.165, 1.54) is 0 Å². The molecule has 2 rings (SSSR count). The fraction of sp³-hybridized carbons (Fsp3) is 0.200. The number of aromatic nitrogens is 1. The quantitative estimate of drug-likeness (QED) is 0.611. The van der Waals surface area contributed by atoms with Gasteiger partial charge in [-0.25, -0.2) is 4.98 Å². The summed E-state index contributed by atoms with van der Waals surface area (Å²) in [6, 6.07) is 5.65. The van der Waals surface area contributed by atoms with Crippen molar-refractivity contribution in [3.05, 3.63) is 29.7 Å². The highest BCUT2D eigenvalue weighted by molar-refractivity contribution is 9.09. The Morgan fingerprint density at radius 1 is 1.57 bits per heavy atom. The Morgan fingerprint density at radius 2 is 2.36 bits per heavy atom. The number of ketones is 1. The van der Waals surface area contributed by atoms with Gasteiger partial charge in [0, 0.05) is 0 Å². The first kappa shape index (κ1) is 9.40. The largest absolute Gasteiger partial charge is 0.434 e. The van der Waals surface area contributed by atoms with Crippen LogP contribution >= 0.6 is 15.9 Å². The highest BCUT2D eigenvalue weighted by Gasteiger charge is 2.12. The van der Waals surface area contributed by atoms with Crippen LogP contribution < -0.4 is 0 Å². The topological polar surface area (TPSA) is 43.1 Å². The van der Waals surface area contributed by atoms with Gasteiger partial charge in [-0.2, -0.15) is 0 Å². The van der Waals surface area contributed by atoms with Gasteiger partial charge < -0.3 is 4.42 Å². The lowest BCUT2D eigenvalue weighted by atomic mass is 10.2. The van der Waals surface area contributed by atoms with Crippen molar-refractivity contribution >= 4 is 32.8 Å². The van der Waals surface area contributed by atoms with Crippen molar-refractivity contribution in [2.75, 3.05) is 5.33 Å². The van der Waals surface area contributed by atoms with E-state index >= 15 is 0 Å². The van der Waals surface area contributed by atoms with Crippen LogP contribution in [0.4, 0.5) is 0 Å². The van der Waals surface area contributed by atoms with E-state index in [4.69, 9.17) is 4.42 Å². The standard InChI is InChI=1S/C10H8BrNO2/c1-6-2-3-7-9(4-6)14-10(12-7)8(13)5-11/h2-4H,5H2,1H3. The number of fused-ring (bicyclic) bond motifs is 1. The van der Waals surface area contributed by atoms with Crippen LogP contribution in [0.3, 0.4) is 0 Å². The van der Waals surface area contributed by atoms with Gasteiger partial charge in [0.2, 0.25) is 5.78 Å². The van der Waals surface area contributed by atoms with Crippen molar-refractivity contribution < 1.29 is 9.21 Å². The van der Waals surface area contributed by atoms with Gasteiger partial charge in [0.05, 0.1) is 5.33 Å². The first-order valence-electron chi connectivity index (χ1n) is 4.17. The van der Waals surface area contributed by atoms with E-state index in [0.717, 1.165) is 11.1 Å². The molecule has 3 nitrogen and oxygen atoms in total. The number of hydrogen-bond donors (Lipinski definition) is 0. The zero-order valence-electron chi connectivity index (χ0n) is 7.58. The summed E-state index contributed by atoms with van der Waals surface area (Å²) in [5.41, 5.74) is 2.47. The van der Waals surface area contributed by atoms with Crippen molar-refractivity contribution in [3.63, 3.8) is 0 Å². The molecule has 0 saturated carbocycles. The van der Waals surface area contributed by atoms with E-state index in [-0.39, 0.29) is 17.0 Å². The highest BCUT2D eigenvalue weighted by Crippen LogP contribution is 2.17. The van der Waals surface area contributed by atoms with Gasteiger partial charge in [-0.1, -0.05) is 22.0 Å². The van der Waals surface area contributed by atoms with Gasteiger partial charge in [0.25, 0.3) is 5.89 Å². The molecule has 2 aromatic rings. The van der Waals surface area contributed by atoms with E-state index < -0.39 is 0 Å². The maximum absolute atomic E-state index is 11.3. The molecule has 0 radical (unpaired) electrons. The highest BCUT2D eigenvalue weighted by atomic mass is 79.9. The number of benzene rings is 1. The molecule has 0 fully saturated rings. The predicted octanol–water partition coefficient (Wildman–Crippen LogP) is 2.71. The number of halogens is 1. The molecule has 1 aromatic heterocycles. The SMILES string of the molecule is Cc1ccc2nc(C(=O)CBr)oc2c1. The Balaban J connectivity index is 2.56. The number of nitrogens with zero attached hydrogens (tertiary/aromatic N) is 1. The number of aryl methyl sites for hydroxylation is 1. The summed E-state index contributed by atoms with van der Waals surface area (Å²) in [6.07, 6.45) is 0. The van der Waals surface area contributed by atoms with Gasteiger partial charge in [-0.3, -0.25) is 4.79 Å². The molecule has 0 amide bonds. The normalized spacial score (nSPS) is 10.7. The second kappa shape index (κ2) is 3.53. The second-order valence-corrected chi connectivity index (χ2v) is 3.61. The number of carbonyl (C=O) groups is 1. The minimum atomic E-state index is -0.140. The Labute approximate surface area is 89.3 Å². The predicted molar refractivity (Wildman–Crippen MR) is 56.9 cm³/mol. The summed E-state index contributed by atoms with van der Waals surface area (Å²) in [6.45, 7) is 1.97. The molecule has 0 aliphatic carbocycles. The number of rotatable bonds is 2. The Bertz CT molecular complexity index is 490. The fourth-order valence-electron chi connectivity index (χ4n) is 1.21. The van der Waals surface area contributed by atoms with Crippen molar-refractivity contribution in [2.24, 2.45) is 0 Å². The number of alkyl halides is 1. The van der Waals surface area contributed by atoms with Crippen LogP contribution in [0.15, 0.2) is 22.6 Å². The summed E-state index contributed by atoms with van der Waals surface area (Å²) in [5, 5.41) is 0.235. The van der Waals surface area contributed by atoms with Crippen molar-refractivity contribution in [2.45, 2.75) is 6.92 Å².